The van der Waals surface area contributed by atoms with Crippen LogP contribution in [0.1, 0.15) is 44.3 Å². The summed E-state index contributed by atoms with van der Waals surface area (Å²) in [6.45, 7) is 3.14. The fourth-order valence-corrected chi connectivity index (χ4v) is 3.79. The lowest BCUT2D eigenvalue weighted by Crippen LogP contribution is -2.58. The number of aryl methyl sites for hydroxylation is 1. The van der Waals surface area contributed by atoms with Crippen LogP contribution in [0.4, 0.5) is 0 Å². The smallest absolute Gasteiger partial charge is 0.229 e. The molecule has 0 aromatic heterocycles. The summed E-state index contributed by atoms with van der Waals surface area (Å²) in [5, 5.41) is 50.4. The van der Waals surface area contributed by atoms with E-state index < -0.39 is 48.0 Å². The van der Waals surface area contributed by atoms with Gasteiger partial charge in [0.25, 0.3) is 0 Å². The number of phenols is 2. The van der Waals surface area contributed by atoms with Gasteiger partial charge in [-0.1, -0.05) is 0 Å². The number of aromatic hydroxyl groups is 2. The van der Waals surface area contributed by atoms with E-state index >= 15 is 0 Å². The predicted molar refractivity (Wildman–Crippen MR) is 101 cm³/mol. The first-order valence-electron chi connectivity index (χ1n) is 9.26. The molecule has 0 unspecified atom stereocenters. The third-order valence-corrected chi connectivity index (χ3v) is 5.36. The van der Waals surface area contributed by atoms with E-state index in [-0.39, 0.29) is 33.8 Å². The number of aliphatic hydroxyl groups excluding tert-OH is 3. The average molecular weight is 416 g/mol. The molecule has 9 nitrogen and oxygen atoms in total. The lowest BCUT2D eigenvalue weighted by molar-refractivity contribution is -0.268. The second-order valence-corrected chi connectivity index (χ2v) is 7.53. The minimum Gasteiger partial charge on any atom is -0.507 e. The van der Waals surface area contributed by atoms with E-state index in [0.717, 1.165) is 6.07 Å². The highest BCUT2D eigenvalue weighted by Crippen LogP contribution is 2.40. The van der Waals surface area contributed by atoms with Gasteiger partial charge < -0.3 is 35.0 Å². The molecule has 0 bridgehead atoms. The van der Waals surface area contributed by atoms with E-state index in [0.29, 0.717) is 5.56 Å². The van der Waals surface area contributed by atoms with Crippen LogP contribution in [0.5, 0.6) is 17.2 Å². The number of ether oxygens (including phenoxy) is 2. The second-order valence-electron chi connectivity index (χ2n) is 7.53. The molecule has 2 aliphatic rings. The van der Waals surface area contributed by atoms with Crippen molar-refractivity contribution in [1.29, 1.82) is 0 Å². The second kappa shape index (κ2) is 7.06. The molecule has 2 aromatic carbocycles. The predicted octanol–water partition coefficient (Wildman–Crippen LogP) is 0.388. The third kappa shape index (κ3) is 3.03. The maximum Gasteiger partial charge on any atom is 0.229 e. The molecule has 0 radical (unpaired) electrons. The van der Waals surface area contributed by atoms with Gasteiger partial charge in [0.05, 0.1) is 17.2 Å². The van der Waals surface area contributed by atoms with Gasteiger partial charge in [0, 0.05) is 17.2 Å². The fraction of sp³-hybridized carbons (Fsp3) is 0.333. The van der Waals surface area contributed by atoms with Gasteiger partial charge in [-0.05, 0) is 37.6 Å². The first kappa shape index (κ1) is 20.3. The number of hydrogen-bond donors (Lipinski definition) is 5. The van der Waals surface area contributed by atoms with Crippen LogP contribution < -0.4 is 4.74 Å². The van der Waals surface area contributed by atoms with E-state index in [2.05, 4.69) is 0 Å². The lowest BCUT2D eigenvalue weighted by Gasteiger charge is -2.39. The highest BCUT2D eigenvalue weighted by Gasteiger charge is 2.43. The minimum atomic E-state index is -1.59. The molecule has 0 spiro atoms. The Bertz CT molecular complexity index is 1060. The number of hydrogen-bond acceptors (Lipinski definition) is 9. The highest BCUT2D eigenvalue weighted by molar-refractivity contribution is 6.30. The summed E-state index contributed by atoms with van der Waals surface area (Å²) in [6, 6.07) is 5.11. The van der Waals surface area contributed by atoms with Crippen LogP contribution in [0.2, 0.25) is 0 Å². The van der Waals surface area contributed by atoms with Crippen LogP contribution in [0.15, 0.2) is 24.3 Å². The van der Waals surface area contributed by atoms with Crippen LogP contribution in [-0.2, 0) is 4.74 Å². The van der Waals surface area contributed by atoms with Crippen LogP contribution in [0.25, 0.3) is 0 Å². The third-order valence-electron chi connectivity index (χ3n) is 5.36. The van der Waals surface area contributed by atoms with Crippen molar-refractivity contribution >= 4 is 11.6 Å². The van der Waals surface area contributed by atoms with E-state index in [1.165, 1.54) is 25.1 Å². The number of carbonyl (C=O) groups excluding carboxylic acids is 2. The zero-order valence-electron chi connectivity index (χ0n) is 16.1. The molecule has 1 saturated heterocycles. The van der Waals surface area contributed by atoms with E-state index in [1.807, 2.05) is 0 Å². The largest absolute Gasteiger partial charge is 0.507 e. The lowest BCUT2D eigenvalue weighted by atomic mass is 9.82. The molecule has 1 aliphatic heterocycles. The number of benzene rings is 2. The van der Waals surface area contributed by atoms with Crippen molar-refractivity contribution in [1.82, 2.24) is 0 Å². The van der Waals surface area contributed by atoms with Crippen molar-refractivity contribution in [2.45, 2.75) is 44.6 Å². The molecule has 30 heavy (non-hydrogen) atoms. The topological polar surface area (TPSA) is 154 Å². The van der Waals surface area contributed by atoms with Gasteiger partial charge >= 0.3 is 0 Å². The Hall–Kier alpha value is -2.98. The number of aliphatic hydroxyl groups is 3. The van der Waals surface area contributed by atoms with Gasteiger partial charge in [0.1, 0.15) is 35.6 Å². The molecule has 5 N–H and O–H groups in total. The Morgan fingerprint density at radius 2 is 1.43 bits per heavy atom. The molecule has 1 heterocycles. The summed E-state index contributed by atoms with van der Waals surface area (Å²) in [5.41, 5.74) is -0.00573. The maximum atomic E-state index is 13.0. The number of rotatable bonds is 2. The molecule has 1 aliphatic carbocycles. The first-order chi connectivity index (χ1) is 14.1. The number of carbonyl (C=O) groups is 2. The zero-order chi connectivity index (χ0) is 21.9. The Labute approximate surface area is 170 Å². The monoisotopic (exact) mass is 416 g/mol. The summed E-state index contributed by atoms with van der Waals surface area (Å²) >= 11 is 0. The van der Waals surface area contributed by atoms with E-state index in [4.69, 9.17) is 9.47 Å². The van der Waals surface area contributed by atoms with Crippen molar-refractivity contribution in [3.05, 3.63) is 52.1 Å². The average Bonchev–Trinajstić information content (AvgIpc) is 2.67. The molecule has 4 rings (SSSR count). The van der Waals surface area contributed by atoms with Gasteiger partial charge in [-0.15, -0.1) is 0 Å². The fourth-order valence-electron chi connectivity index (χ4n) is 3.79. The standard InChI is InChI=1S/C21H20O9/c1-7-3-10-14(12(22)4-7)18(26)15-11(17(10)25)5-9(6-13(15)23)30-21-20(28)19(27)16(24)8(2)29-21/h3-6,8,16,19-24,27-28H,1-2H3/t8-,16+,19-,20-,21+/m1/s1. The highest BCUT2D eigenvalue weighted by atomic mass is 16.7. The normalized spacial score (nSPS) is 28.1. The van der Waals surface area contributed by atoms with E-state index in [1.54, 1.807) is 6.92 Å². The first-order valence-corrected chi connectivity index (χ1v) is 9.26. The summed E-state index contributed by atoms with van der Waals surface area (Å²) in [4.78, 5) is 25.8. The molecule has 0 amide bonds. The molecule has 0 saturated carbocycles. The molecular weight excluding hydrogens is 396 g/mol. The molecule has 9 heteroatoms. The van der Waals surface area contributed by atoms with Crippen molar-refractivity contribution < 1.29 is 44.6 Å². The Balaban J connectivity index is 1.73. The zero-order valence-corrected chi connectivity index (χ0v) is 16.1. The maximum absolute atomic E-state index is 13.0. The minimum absolute atomic E-state index is 0.00247. The van der Waals surface area contributed by atoms with E-state index in [9.17, 15) is 35.1 Å². The van der Waals surface area contributed by atoms with Gasteiger partial charge in [-0.3, -0.25) is 9.59 Å². The van der Waals surface area contributed by atoms with Crippen molar-refractivity contribution in [3.8, 4) is 17.2 Å². The number of phenolic OH excluding ortho intramolecular Hbond substituents is 2. The van der Waals surface area contributed by atoms with Crippen LogP contribution in [-0.4, -0.2) is 67.8 Å². The van der Waals surface area contributed by atoms with Gasteiger partial charge in [0.2, 0.25) is 12.1 Å². The molecule has 2 aromatic rings. The van der Waals surface area contributed by atoms with Gasteiger partial charge in [-0.25, -0.2) is 0 Å². The summed E-state index contributed by atoms with van der Waals surface area (Å²) in [5.74, 6) is -2.29. The Morgan fingerprint density at radius 3 is 2.10 bits per heavy atom. The van der Waals surface area contributed by atoms with Crippen LogP contribution in [0, 0.1) is 6.92 Å². The van der Waals surface area contributed by atoms with Crippen LogP contribution in [0.3, 0.4) is 0 Å². The Morgan fingerprint density at radius 1 is 0.833 bits per heavy atom. The van der Waals surface area contributed by atoms with Gasteiger partial charge in [0.15, 0.2) is 5.78 Å². The van der Waals surface area contributed by atoms with Crippen molar-refractivity contribution in [2.75, 3.05) is 0 Å². The summed E-state index contributed by atoms with van der Waals surface area (Å²) in [7, 11) is 0. The molecule has 1 fully saturated rings. The van der Waals surface area contributed by atoms with Gasteiger partial charge in [-0.2, -0.15) is 0 Å². The summed E-state index contributed by atoms with van der Waals surface area (Å²) < 4.78 is 10.9. The SMILES string of the molecule is Cc1cc(O)c2c(c1)C(=O)c1cc(O[C@@H]3O[C@H](C)[C@H](O)[C@@H](O)[C@H]3O)cc(O)c1C2=O. The van der Waals surface area contributed by atoms with Crippen molar-refractivity contribution in [2.24, 2.45) is 0 Å². The summed E-state index contributed by atoms with van der Waals surface area (Å²) in [6.07, 6.45) is -6.66. The number of ketones is 2. The van der Waals surface area contributed by atoms with Crippen molar-refractivity contribution in [3.63, 3.8) is 0 Å². The molecule has 158 valence electrons. The Kier molecular flexibility index (Phi) is 4.78. The van der Waals surface area contributed by atoms with Crippen LogP contribution >= 0.6 is 0 Å². The quantitative estimate of drug-likeness (QED) is 0.399. The molecular formula is C21H20O9. The molecule has 5 atom stereocenters. The number of fused-ring (bicyclic) bond motifs is 2.